The Morgan fingerprint density at radius 1 is 0.792 bits per heavy atom. The van der Waals surface area contributed by atoms with Crippen LogP contribution < -0.4 is 4.74 Å². The fourth-order valence-corrected chi connectivity index (χ4v) is 2.41. The molecule has 3 aromatic carbocycles. The lowest BCUT2D eigenvalue weighted by Crippen LogP contribution is -1.92. The molecule has 0 N–H and O–H groups in total. The number of rotatable bonds is 5. The van der Waals surface area contributed by atoms with Crippen LogP contribution in [0, 0.1) is 0 Å². The molecule has 0 saturated heterocycles. The van der Waals surface area contributed by atoms with Gasteiger partial charge in [0.05, 0.1) is 17.9 Å². The van der Waals surface area contributed by atoms with E-state index in [4.69, 9.17) is 4.74 Å². The number of aliphatic imine (C=N–C) groups is 1. The number of hydrogen-bond donors (Lipinski definition) is 0. The lowest BCUT2D eigenvalue weighted by molar-refractivity contribution is 0.340. The highest BCUT2D eigenvalue weighted by atomic mass is 16.5. The number of ether oxygens (including phenoxy) is 1. The van der Waals surface area contributed by atoms with Gasteiger partial charge in [-0.05, 0) is 60.3 Å². The van der Waals surface area contributed by atoms with E-state index < -0.39 is 0 Å². The minimum absolute atomic E-state index is 0.663. The Kier molecular flexibility index (Phi) is 5.24. The van der Waals surface area contributed by atoms with Crippen molar-refractivity contribution in [1.82, 2.24) is 0 Å². The van der Waals surface area contributed by atoms with Gasteiger partial charge in [0.25, 0.3) is 0 Å². The smallest absolute Gasteiger partial charge is 0.119 e. The predicted octanol–water partition coefficient (Wildman–Crippen LogP) is 5.52. The molecular weight excluding hydrogens is 294 g/mol. The van der Waals surface area contributed by atoms with Crippen LogP contribution in [0.5, 0.6) is 5.75 Å². The van der Waals surface area contributed by atoms with E-state index in [-0.39, 0.29) is 0 Å². The molecule has 0 amide bonds. The van der Waals surface area contributed by atoms with E-state index in [1.807, 2.05) is 79.7 Å². The molecule has 0 bridgehead atoms. The molecule has 118 valence electrons. The number of hydrogen-bond acceptors (Lipinski definition) is 2. The van der Waals surface area contributed by atoms with E-state index in [0.717, 1.165) is 28.1 Å². The van der Waals surface area contributed by atoms with Crippen molar-refractivity contribution in [3.63, 3.8) is 0 Å². The molecule has 0 aliphatic heterocycles. The molecule has 0 saturated carbocycles. The summed E-state index contributed by atoms with van der Waals surface area (Å²) in [6.07, 6.45) is 0. The molecule has 2 nitrogen and oxygen atoms in total. The molecule has 2 heteroatoms. The first-order valence-corrected chi connectivity index (χ1v) is 8.04. The van der Waals surface area contributed by atoms with E-state index in [1.54, 1.807) is 0 Å². The van der Waals surface area contributed by atoms with Gasteiger partial charge < -0.3 is 4.74 Å². The second-order valence-corrected chi connectivity index (χ2v) is 5.26. The zero-order valence-corrected chi connectivity index (χ0v) is 13.6. The lowest BCUT2D eigenvalue weighted by atomic mass is 9.99. The van der Waals surface area contributed by atoms with Crippen LogP contribution >= 0.6 is 0 Å². The summed E-state index contributed by atoms with van der Waals surface area (Å²) < 4.78 is 5.52. The molecule has 0 unspecified atom stereocenters. The van der Waals surface area contributed by atoms with Gasteiger partial charge >= 0.3 is 0 Å². The molecule has 0 spiro atoms. The molecular formula is C22H19NO. The summed E-state index contributed by atoms with van der Waals surface area (Å²) in [6.45, 7) is 2.64. The first kappa shape index (κ1) is 15.8. The van der Waals surface area contributed by atoms with Gasteiger partial charge in [-0.1, -0.05) is 48.5 Å². The third-order valence-corrected chi connectivity index (χ3v) is 3.57. The Labute approximate surface area is 142 Å². The minimum Gasteiger partial charge on any atom is -0.494 e. The van der Waals surface area contributed by atoms with Gasteiger partial charge in [0.1, 0.15) is 5.75 Å². The molecule has 0 aliphatic carbocycles. The average molecular weight is 313 g/mol. The Hall–Kier alpha value is -3.09. The van der Waals surface area contributed by atoms with Gasteiger partial charge in [-0.25, -0.2) is 4.99 Å². The van der Waals surface area contributed by atoms with Crippen molar-refractivity contribution in [2.24, 2.45) is 4.99 Å². The quantitative estimate of drug-likeness (QED) is 0.568. The van der Waals surface area contributed by atoms with Crippen LogP contribution in [0.1, 0.15) is 18.1 Å². The van der Waals surface area contributed by atoms with Crippen LogP contribution in [0.3, 0.4) is 0 Å². The van der Waals surface area contributed by atoms with Crippen LogP contribution in [0.15, 0.2) is 89.9 Å². The first-order chi connectivity index (χ1) is 11.9. The van der Waals surface area contributed by atoms with E-state index >= 15 is 0 Å². The molecule has 0 atom stereocenters. The van der Waals surface area contributed by atoms with Gasteiger partial charge in [-0.2, -0.15) is 0 Å². The van der Waals surface area contributed by atoms with Gasteiger partial charge in [0.2, 0.25) is 0 Å². The highest BCUT2D eigenvalue weighted by Crippen LogP contribution is 2.23. The Morgan fingerprint density at radius 3 is 2.00 bits per heavy atom. The molecule has 0 aromatic heterocycles. The maximum atomic E-state index is 5.52. The third-order valence-electron chi connectivity index (χ3n) is 3.57. The Balaban J connectivity index is 2.04. The summed E-state index contributed by atoms with van der Waals surface area (Å²) in [5, 5.41) is 0. The molecule has 0 fully saturated rings. The van der Waals surface area contributed by atoms with E-state index in [9.17, 15) is 0 Å². The average Bonchev–Trinajstić information content (AvgIpc) is 2.65. The maximum absolute atomic E-state index is 5.52. The van der Waals surface area contributed by atoms with Crippen LogP contribution in [0.4, 0.5) is 5.69 Å². The van der Waals surface area contributed by atoms with E-state index in [1.165, 1.54) is 0 Å². The molecule has 0 heterocycles. The van der Waals surface area contributed by atoms with Crippen molar-refractivity contribution in [1.29, 1.82) is 0 Å². The van der Waals surface area contributed by atoms with Crippen LogP contribution in [-0.4, -0.2) is 12.5 Å². The third kappa shape index (κ3) is 4.01. The van der Waals surface area contributed by atoms with Gasteiger partial charge in [0, 0.05) is 0 Å². The van der Waals surface area contributed by atoms with Crippen molar-refractivity contribution < 1.29 is 4.74 Å². The zero-order valence-electron chi connectivity index (χ0n) is 13.6. The molecule has 3 aromatic rings. The fourth-order valence-electron chi connectivity index (χ4n) is 2.41. The highest BCUT2D eigenvalue weighted by molar-refractivity contribution is 5.99. The molecule has 0 radical (unpaired) electrons. The van der Waals surface area contributed by atoms with Gasteiger partial charge in [0.15, 0.2) is 0 Å². The Morgan fingerprint density at radius 2 is 1.38 bits per heavy atom. The van der Waals surface area contributed by atoms with Crippen LogP contribution in [0.25, 0.3) is 5.57 Å². The fraction of sp³-hybridized carbons (Fsp3) is 0.0909. The summed E-state index contributed by atoms with van der Waals surface area (Å²) in [5.41, 5.74) is 3.99. The van der Waals surface area contributed by atoms with Crippen LogP contribution in [0.2, 0.25) is 0 Å². The van der Waals surface area contributed by atoms with E-state index in [0.29, 0.717) is 6.61 Å². The predicted molar refractivity (Wildman–Crippen MR) is 100 cm³/mol. The largest absolute Gasteiger partial charge is 0.494 e. The van der Waals surface area contributed by atoms with Gasteiger partial charge in [-0.15, -0.1) is 0 Å². The summed E-state index contributed by atoms with van der Waals surface area (Å²) in [5.74, 6) is 4.09. The van der Waals surface area contributed by atoms with Crippen molar-refractivity contribution in [2.45, 2.75) is 6.92 Å². The molecule has 0 aliphatic rings. The van der Waals surface area contributed by atoms with Crippen molar-refractivity contribution >= 4 is 17.1 Å². The number of para-hydroxylation sites is 1. The monoisotopic (exact) mass is 313 g/mol. The highest BCUT2D eigenvalue weighted by Gasteiger charge is 2.05. The summed E-state index contributed by atoms with van der Waals surface area (Å²) in [7, 11) is 0. The van der Waals surface area contributed by atoms with Crippen molar-refractivity contribution in [2.75, 3.05) is 6.61 Å². The number of nitrogens with zero attached hydrogens (tertiary/aromatic N) is 1. The van der Waals surface area contributed by atoms with E-state index in [2.05, 4.69) is 23.0 Å². The minimum atomic E-state index is 0.663. The molecule has 24 heavy (non-hydrogen) atoms. The van der Waals surface area contributed by atoms with Gasteiger partial charge in [-0.3, -0.25) is 0 Å². The zero-order chi connectivity index (χ0) is 16.6. The standard InChI is InChI=1S/C22H19NO/c1-2-24-21-15-13-19(14-16-21)22(18-9-5-3-6-10-18)17-23-20-11-7-4-8-12-20/h3-16H,2H2,1H3. The second kappa shape index (κ2) is 7.96. The topological polar surface area (TPSA) is 21.6 Å². The van der Waals surface area contributed by atoms with Crippen LogP contribution in [-0.2, 0) is 0 Å². The normalized spacial score (nSPS) is 9.88. The second-order valence-electron chi connectivity index (χ2n) is 5.26. The summed E-state index contributed by atoms with van der Waals surface area (Å²) in [4.78, 5) is 4.50. The maximum Gasteiger partial charge on any atom is 0.119 e. The lowest BCUT2D eigenvalue weighted by Gasteiger charge is -2.07. The van der Waals surface area contributed by atoms with Crippen molar-refractivity contribution in [3.05, 3.63) is 96.1 Å². The Bertz CT molecular complexity index is 830. The molecule has 3 rings (SSSR count). The first-order valence-electron chi connectivity index (χ1n) is 8.04. The van der Waals surface area contributed by atoms with Crippen molar-refractivity contribution in [3.8, 4) is 5.75 Å². The summed E-state index contributed by atoms with van der Waals surface area (Å²) in [6, 6.07) is 28.1. The number of benzene rings is 3. The summed E-state index contributed by atoms with van der Waals surface area (Å²) >= 11 is 0. The SMILES string of the molecule is CCOc1ccc(C(=C=Nc2ccccc2)c2ccccc2)cc1.